The molecule has 2 fully saturated rings. The Kier molecular flexibility index (Phi) is 3.54. The molecular weight excluding hydrogens is 220 g/mol. The Morgan fingerprint density at radius 3 is 2.41 bits per heavy atom. The minimum absolute atomic E-state index is 0.109. The van der Waals surface area contributed by atoms with Crippen LogP contribution < -0.4 is 0 Å². The molecule has 96 valence electrons. The Morgan fingerprint density at radius 1 is 1.18 bits per heavy atom. The summed E-state index contributed by atoms with van der Waals surface area (Å²) in [6, 6.07) is -0.425. The number of likely N-dealkylation sites (tertiary alicyclic amines) is 1. The van der Waals surface area contributed by atoms with Gasteiger partial charge in [0.1, 0.15) is 6.04 Å². The summed E-state index contributed by atoms with van der Waals surface area (Å²) >= 11 is 0. The smallest absolute Gasteiger partial charge is 0.326 e. The average molecular weight is 240 g/mol. The van der Waals surface area contributed by atoms with E-state index in [1.54, 1.807) is 11.9 Å². The number of urea groups is 1. The van der Waals surface area contributed by atoms with E-state index in [9.17, 15) is 9.59 Å². The van der Waals surface area contributed by atoms with E-state index < -0.39 is 12.0 Å². The predicted octanol–water partition coefficient (Wildman–Crippen LogP) is 1.53. The normalized spacial score (nSPS) is 25.2. The second-order valence-corrected chi connectivity index (χ2v) is 5.02. The zero-order valence-corrected chi connectivity index (χ0v) is 10.3. The highest BCUT2D eigenvalue weighted by Crippen LogP contribution is 2.25. The first kappa shape index (κ1) is 12.2. The number of aliphatic carboxylic acids is 1. The molecule has 5 nitrogen and oxygen atoms in total. The van der Waals surface area contributed by atoms with Crippen molar-refractivity contribution < 1.29 is 14.7 Å². The maximum absolute atomic E-state index is 12.2. The number of amides is 2. The van der Waals surface area contributed by atoms with Gasteiger partial charge < -0.3 is 14.9 Å². The van der Waals surface area contributed by atoms with Crippen molar-refractivity contribution in [1.29, 1.82) is 0 Å². The fraction of sp³-hybridized carbons (Fsp3) is 0.833. The monoisotopic (exact) mass is 240 g/mol. The molecule has 0 aromatic carbocycles. The third-order valence-corrected chi connectivity index (χ3v) is 3.96. The number of hydrogen-bond donors (Lipinski definition) is 1. The lowest BCUT2D eigenvalue weighted by molar-refractivity contribution is -0.141. The van der Waals surface area contributed by atoms with Crippen molar-refractivity contribution in [2.45, 2.75) is 50.6 Å². The second kappa shape index (κ2) is 4.94. The molecule has 2 rings (SSSR count). The van der Waals surface area contributed by atoms with Gasteiger partial charge in [-0.15, -0.1) is 0 Å². The van der Waals surface area contributed by atoms with Gasteiger partial charge in [-0.1, -0.05) is 12.8 Å². The van der Waals surface area contributed by atoms with E-state index in [1.807, 2.05) is 0 Å². The van der Waals surface area contributed by atoms with E-state index in [0.29, 0.717) is 19.0 Å². The molecule has 1 saturated carbocycles. The van der Waals surface area contributed by atoms with Crippen molar-refractivity contribution in [3.8, 4) is 0 Å². The van der Waals surface area contributed by atoms with Crippen LogP contribution in [-0.4, -0.2) is 52.6 Å². The molecule has 1 aliphatic heterocycles. The molecule has 1 N–H and O–H groups in total. The fourth-order valence-electron chi connectivity index (χ4n) is 2.90. The molecule has 0 aromatic rings. The third-order valence-electron chi connectivity index (χ3n) is 3.96. The van der Waals surface area contributed by atoms with Gasteiger partial charge >= 0.3 is 12.0 Å². The third kappa shape index (κ3) is 2.37. The molecule has 0 bridgehead atoms. The van der Waals surface area contributed by atoms with E-state index in [4.69, 9.17) is 5.11 Å². The minimum Gasteiger partial charge on any atom is -0.480 e. The van der Waals surface area contributed by atoms with Crippen LogP contribution in [0.15, 0.2) is 0 Å². The van der Waals surface area contributed by atoms with Crippen molar-refractivity contribution in [3.63, 3.8) is 0 Å². The van der Waals surface area contributed by atoms with Crippen LogP contribution in [0.3, 0.4) is 0 Å². The lowest BCUT2D eigenvalue weighted by atomic mass is 10.2. The van der Waals surface area contributed by atoms with Crippen molar-refractivity contribution in [2.75, 3.05) is 13.6 Å². The van der Waals surface area contributed by atoms with E-state index >= 15 is 0 Å². The molecule has 1 saturated heterocycles. The highest BCUT2D eigenvalue weighted by molar-refractivity contribution is 5.83. The number of rotatable bonds is 2. The van der Waals surface area contributed by atoms with E-state index in [-0.39, 0.29) is 6.03 Å². The number of hydrogen-bond acceptors (Lipinski definition) is 2. The molecule has 1 atom stereocenters. The average Bonchev–Trinajstić information content (AvgIpc) is 2.97. The maximum Gasteiger partial charge on any atom is 0.326 e. The van der Waals surface area contributed by atoms with Crippen molar-refractivity contribution >= 4 is 12.0 Å². The van der Waals surface area contributed by atoms with Gasteiger partial charge in [-0.25, -0.2) is 9.59 Å². The highest BCUT2D eigenvalue weighted by Gasteiger charge is 2.37. The van der Waals surface area contributed by atoms with Crippen LogP contribution >= 0.6 is 0 Å². The summed E-state index contributed by atoms with van der Waals surface area (Å²) in [6.45, 7) is 0.576. The number of carbonyl (C=O) groups is 2. The maximum atomic E-state index is 12.2. The van der Waals surface area contributed by atoms with Crippen molar-refractivity contribution in [2.24, 2.45) is 0 Å². The summed E-state index contributed by atoms with van der Waals surface area (Å²) in [7, 11) is 1.80. The number of nitrogens with zero attached hydrogens (tertiary/aromatic N) is 2. The summed E-state index contributed by atoms with van der Waals surface area (Å²) in [5, 5.41) is 9.07. The van der Waals surface area contributed by atoms with Gasteiger partial charge in [0.05, 0.1) is 0 Å². The second-order valence-electron chi connectivity index (χ2n) is 5.02. The van der Waals surface area contributed by atoms with E-state index in [0.717, 1.165) is 19.3 Å². The Labute approximate surface area is 101 Å². The van der Waals surface area contributed by atoms with Gasteiger partial charge in [-0.05, 0) is 25.7 Å². The molecule has 17 heavy (non-hydrogen) atoms. The Morgan fingerprint density at radius 2 is 1.82 bits per heavy atom. The molecule has 1 aliphatic carbocycles. The van der Waals surface area contributed by atoms with Gasteiger partial charge in [0.2, 0.25) is 0 Å². The standard InChI is InChI=1S/C12H20N2O3/c1-13(9-5-2-3-6-9)12(17)14-8-4-7-10(14)11(15)16/h9-10H,2-8H2,1H3,(H,15,16). The molecule has 2 aliphatic rings. The Hall–Kier alpha value is -1.26. The summed E-state index contributed by atoms with van der Waals surface area (Å²) in [5.41, 5.74) is 0. The van der Waals surface area contributed by atoms with Crippen LogP contribution in [0, 0.1) is 0 Å². The summed E-state index contributed by atoms with van der Waals surface area (Å²) in [4.78, 5) is 26.5. The number of carboxylic acid groups (broad SMARTS) is 1. The molecule has 1 unspecified atom stereocenters. The summed E-state index contributed by atoms with van der Waals surface area (Å²) < 4.78 is 0. The van der Waals surface area contributed by atoms with E-state index in [1.165, 1.54) is 17.7 Å². The van der Waals surface area contributed by atoms with Crippen LogP contribution in [-0.2, 0) is 4.79 Å². The van der Waals surface area contributed by atoms with Crippen LogP contribution in [0.25, 0.3) is 0 Å². The van der Waals surface area contributed by atoms with Crippen LogP contribution in [0.5, 0.6) is 0 Å². The number of carbonyl (C=O) groups excluding carboxylic acids is 1. The molecule has 2 amide bonds. The molecule has 0 spiro atoms. The molecule has 5 heteroatoms. The Bertz CT molecular complexity index is 313. The lowest BCUT2D eigenvalue weighted by Gasteiger charge is -2.31. The molecular formula is C12H20N2O3. The zero-order valence-electron chi connectivity index (χ0n) is 10.3. The SMILES string of the molecule is CN(C(=O)N1CCCC1C(=O)O)C1CCCC1. The van der Waals surface area contributed by atoms with Crippen LogP contribution in [0.2, 0.25) is 0 Å². The molecule has 0 aromatic heterocycles. The van der Waals surface area contributed by atoms with Crippen molar-refractivity contribution in [1.82, 2.24) is 9.80 Å². The topological polar surface area (TPSA) is 60.9 Å². The predicted molar refractivity (Wildman–Crippen MR) is 62.8 cm³/mol. The summed E-state index contributed by atoms with van der Waals surface area (Å²) in [6.07, 6.45) is 5.82. The minimum atomic E-state index is -0.879. The van der Waals surface area contributed by atoms with Gasteiger partial charge in [0.25, 0.3) is 0 Å². The first-order chi connectivity index (χ1) is 8.11. The van der Waals surface area contributed by atoms with Gasteiger partial charge in [-0.3, -0.25) is 0 Å². The van der Waals surface area contributed by atoms with Crippen LogP contribution in [0.4, 0.5) is 4.79 Å². The number of carboxylic acids is 1. The molecule has 1 heterocycles. The Balaban J connectivity index is 2.00. The van der Waals surface area contributed by atoms with Gasteiger partial charge in [-0.2, -0.15) is 0 Å². The van der Waals surface area contributed by atoms with Gasteiger partial charge in [0.15, 0.2) is 0 Å². The first-order valence-electron chi connectivity index (χ1n) is 6.37. The van der Waals surface area contributed by atoms with Crippen molar-refractivity contribution in [3.05, 3.63) is 0 Å². The first-order valence-corrected chi connectivity index (χ1v) is 6.37. The highest BCUT2D eigenvalue weighted by atomic mass is 16.4. The molecule has 0 radical (unpaired) electrons. The largest absolute Gasteiger partial charge is 0.480 e. The summed E-state index contributed by atoms with van der Waals surface area (Å²) in [5.74, 6) is -0.879. The zero-order chi connectivity index (χ0) is 12.4. The lowest BCUT2D eigenvalue weighted by Crippen LogP contribution is -2.49. The van der Waals surface area contributed by atoms with Gasteiger partial charge in [0, 0.05) is 19.6 Å². The van der Waals surface area contributed by atoms with E-state index in [2.05, 4.69) is 0 Å². The van der Waals surface area contributed by atoms with Crippen LogP contribution in [0.1, 0.15) is 38.5 Å². The quantitative estimate of drug-likeness (QED) is 0.796. The fourth-order valence-corrected chi connectivity index (χ4v) is 2.90.